The quantitative estimate of drug-likeness (QED) is 0.310. The Labute approximate surface area is 94.1 Å². The molecule has 0 unspecified atom stereocenters. The molecule has 0 amide bonds. The molecule has 0 heterocycles. The van der Waals surface area contributed by atoms with Gasteiger partial charge in [-0.3, -0.25) is 0 Å². The van der Waals surface area contributed by atoms with Crippen LogP contribution in [0.15, 0.2) is 0 Å². The zero-order valence-electron chi connectivity index (χ0n) is 4.77. The predicted octanol–water partition coefficient (Wildman–Crippen LogP) is -3.47. The molecule has 0 N–H and O–H groups in total. The van der Waals surface area contributed by atoms with Crippen molar-refractivity contribution in [2.24, 2.45) is 0 Å². The molecule has 0 spiro atoms. The first-order valence-corrected chi connectivity index (χ1v) is 6.71. The van der Waals surface area contributed by atoms with E-state index in [1.807, 2.05) is 0 Å². The van der Waals surface area contributed by atoms with E-state index >= 15 is 0 Å². The molecule has 0 radical (unpaired) electrons. The SMILES string of the molecule is [F][Zr-2]([F])([F])([F])([F])[F].[Na+].[Na+]. The molecule has 0 saturated heterocycles. The van der Waals surface area contributed by atoms with Crippen molar-refractivity contribution in [3.63, 3.8) is 0 Å². The normalized spacial score (nSPS) is 18.0. The van der Waals surface area contributed by atoms with Gasteiger partial charge in [-0.15, -0.1) is 0 Å². The van der Waals surface area contributed by atoms with Crippen LogP contribution < -0.4 is 59.1 Å². The molecule has 0 atom stereocenters. The topological polar surface area (TPSA) is 0 Å². The maximum Gasteiger partial charge on any atom is 1.00 e. The van der Waals surface area contributed by atoms with Gasteiger partial charge in [-0.1, -0.05) is 0 Å². The first-order chi connectivity index (χ1) is 2.45. The van der Waals surface area contributed by atoms with Gasteiger partial charge in [0.1, 0.15) is 0 Å². The summed E-state index contributed by atoms with van der Waals surface area (Å²) in [5.41, 5.74) is 0. The van der Waals surface area contributed by atoms with E-state index in [0.29, 0.717) is 0 Å². The molecule has 0 rings (SSSR count). The molecule has 0 nitrogen and oxygen atoms in total. The van der Waals surface area contributed by atoms with Gasteiger partial charge in [-0.25, -0.2) is 0 Å². The molecular formula is F6Na2Zr. The summed E-state index contributed by atoms with van der Waals surface area (Å²) < 4.78 is 59.6. The van der Waals surface area contributed by atoms with Crippen molar-refractivity contribution in [2.45, 2.75) is 0 Å². The second-order valence-electron chi connectivity index (χ2n) is 1.07. The molecule has 0 aromatic heterocycles. The summed E-state index contributed by atoms with van der Waals surface area (Å²) in [6.07, 6.45) is 0. The Morgan fingerprint density at radius 3 is 0.556 bits per heavy atom. The minimum Gasteiger partial charge on any atom is 1.00 e. The average molecular weight is 251 g/mol. The molecule has 0 aromatic carbocycles. The van der Waals surface area contributed by atoms with Crippen LogP contribution in [0, 0.1) is 0 Å². The van der Waals surface area contributed by atoms with Gasteiger partial charge in [0.15, 0.2) is 0 Å². The maximum atomic E-state index is 9.93. The van der Waals surface area contributed by atoms with E-state index in [0.717, 1.165) is 0 Å². The summed E-state index contributed by atoms with van der Waals surface area (Å²) in [6.45, 7) is 0. The van der Waals surface area contributed by atoms with Gasteiger partial charge in [0.05, 0.1) is 0 Å². The minimum absolute atomic E-state index is 0. The van der Waals surface area contributed by atoms with Crippen LogP contribution in [0.3, 0.4) is 0 Å². The molecule has 0 fully saturated rings. The third-order valence-corrected chi connectivity index (χ3v) is 0. The van der Waals surface area contributed by atoms with E-state index in [1.54, 1.807) is 0 Å². The molecule has 9 heavy (non-hydrogen) atoms. The Morgan fingerprint density at radius 1 is 0.556 bits per heavy atom. The molecule has 48 valence electrons. The van der Waals surface area contributed by atoms with Crippen molar-refractivity contribution in [1.29, 1.82) is 0 Å². The van der Waals surface area contributed by atoms with E-state index in [9.17, 15) is 15.8 Å². The molecule has 0 aromatic rings. The second kappa shape index (κ2) is 3.07. The number of halogens is 6. The number of hydrogen-bond donors (Lipinski definition) is 0. The van der Waals surface area contributed by atoms with E-state index < -0.39 is 21.0 Å². The van der Waals surface area contributed by atoms with Crippen molar-refractivity contribution >= 4 is 0 Å². The van der Waals surface area contributed by atoms with Crippen molar-refractivity contribution < 1.29 is 95.8 Å². The fourth-order valence-corrected chi connectivity index (χ4v) is 0. The monoisotopic (exact) mass is 250 g/mol. The Hall–Kier alpha value is 2.46. The van der Waals surface area contributed by atoms with Gasteiger partial charge >= 0.3 is 95.8 Å². The Kier molecular flexibility index (Phi) is 5.98. The van der Waals surface area contributed by atoms with Gasteiger partial charge in [0, 0.05) is 0 Å². The summed E-state index contributed by atoms with van der Waals surface area (Å²) in [6, 6.07) is 0. The standard InChI is InChI=1S/6FH.2Na.Zr/h6*1H;;;/q;;;;;;2*+1;+4/p-6. The van der Waals surface area contributed by atoms with Crippen LogP contribution in [0.1, 0.15) is 0 Å². The number of hydrogen-bond acceptors (Lipinski definition) is 0. The molecule has 0 saturated carbocycles. The van der Waals surface area contributed by atoms with Gasteiger partial charge in [0.2, 0.25) is 0 Å². The molecule has 9 heteroatoms. The Bertz CT molecular complexity index is 69.6. The summed E-state index contributed by atoms with van der Waals surface area (Å²) in [4.78, 5) is 0. The summed E-state index contributed by atoms with van der Waals surface area (Å²) >= 11 is -11.3. The molecule has 0 aliphatic heterocycles. The van der Waals surface area contributed by atoms with Crippen LogP contribution in [0.25, 0.3) is 0 Å². The second-order valence-corrected chi connectivity index (χ2v) is 6.34. The van der Waals surface area contributed by atoms with Crippen molar-refractivity contribution in [2.75, 3.05) is 0 Å². The van der Waals surface area contributed by atoms with E-state index in [2.05, 4.69) is 0 Å². The van der Waals surface area contributed by atoms with Crippen molar-refractivity contribution in [3.05, 3.63) is 0 Å². The third-order valence-electron chi connectivity index (χ3n) is 0. The predicted molar refractivity (Wildman–Crippen MR) is 6.65 cm³/mol. The maximum absolute atomic E-state index is 11.3. The van der Waals surface area contributed by atoms with Gasteiger partial charge in [-0.05, 0) is 0 Å². The fraction of sp³-hybridized carbons (Fsp3) is 0. The zero-order chi connectivity index (χ0) is 6.41. The third kappa shape index (κ3) is 124. The molecule has 0 aliphatic carbocycles. The minimum atomic E-state index is -11.3. The van der Waals surface area contributed by atoms with Gasteiger partial charge in [-0.2, -0.15) is 0 Å². The molecule has 0 aliphatic rings. The van der Waals surface area contributed by atoms with E-state index in [1.165, 1.54) is 0 Å². The first-order valence-electron chi connectivity index (χ1n) is 1.13. The molecule has 0 bridgehead atoms. The zero-order valence-corrected chi connectivity index (χ0v) is 11.2. The summed E-state index contributed by atoms with van der Waals surface area (Å²) in [5, 5.41) is 0. The van der Waals surface area contributed by atoms with Crippen molar-refractivity contribution in [3.8, 4) is 0 Å². The van der Waals surface area contributed by atoms with E-state index in [4.69, 9.17) is 0 Å². The van der Waals surface area contributed by atoms with Crippen molar-refractivity contribution in [1.82, 2.24) is 0 Å². The average Bonchev–Trinajstić information content (AvgIpc) is 0.592. The van der Waals surface area contributed by atoms with Crippen LogP contribution in [0.5, 0.6) is 0 Å². The molecular weight excluding hydrogens is 251 g/mol. The first kappa shape index (κ1) is 17.5. The number of rotatable bonds is 0. The van der Waals surface area contributed by atoms with Crippen LogP contribution in [-0.4, -0.2) is 0 Å². The van der Waals surface area contributed by atoms with Crippen LogP contribution in [-0.2, 0) is 21.0 Å². The Balaban J connectivity index is -0.000000180. The summed E-state index contributed by atoms with van der Waals surface area (Å²) in [7, 11) is 0. The van der Waals surface area contributed by atoms with Crippen LogP contribution in [0.2, 0.25) is 0 Å². The van der Waals surface area contributed by atoms with Gasteiger partial charge < -0.3 is 0 Å². The summed E-state index contributed by atoms with van der Waals surface area (Å²) in [5.74, 6) is 0. The van der Waals surface area contributed by atoms with Crippen LogP contribution >= 0.6 is 0 Å². The smallest absolute Gasteiger partial charge is 1.00 e. The van der Waals surface area contributed by atoms with Gasteiger partial charge in [0.25, 0.3) is 0 Å². The largest absolute Gasteiger partial charge is 1.00 e. The fourth-order valence-electron chi connectivity index (χ4n) is 0. The Morgan fingerprint density at radius 2 is 0.556 bits per heavy atom. The van der Waals surface area contributed by atoms with E-state index in [-0.39, 0.29) is 59.1 Å². The van der Waals surface area contributed by atoms with Crippen LogP contribution in [0.4, 0.5) is 15.8 Å².